The Morgan fingerprint density at radius 3 is 1.44 bits per heavy atom. The molecule has 0 bridgehead atoms. The van der Waals surface area contributed by atoms with Crippen LogP contribution in [0.15, 0.2) is 110 Å². The molecule has 14 heteroatoms. The van der Waals surface area contributed by atoms with Gasteiger partial charge in [-0.3, -0.25) is 0 Å². The molecule has 12 rings (SSSR count). The van der Waals surface area contributed by atoms with Crippen molar-refractivity contribution in [2.45, 2.75) is 66.5 Å². The Labute approximate surface area is 419 Å². The maximum Gasteiger partial charge on any atom is 0.185 e. The normalized spacial score (nSPS) is 15.9. The quantitative estimate of drug-likeness (QED) is 0.132. The fourth-order valence-electron chi connectivity index (χ4n) is 10.3. The van der Waals surface area contributed by atoms with Crippen molar-refractivity contribution in [1.29, 1.82) is 0 Å². The van der Waals surface area contributed by atoms with E-state index in [4.69, 9.17) is 19.4 Å². The van der Waals surface area contributed by atoms with Gasteiger partial charge in [-0.15, -0.1) is 22.7 Å². The molecule has 0 amide bonds. The van der Waals surface area contributed by atoms with E-state index in [-0.39, 0.29) is 0 Å². The molecule has 4 aliphatic rings. The van der Waals surface area contributed by atoms with Crippen LogP contribution < -0.4 is 19.6 Å². The number of nitrogens with zero attached hydrogens (tertiary/aromatic N) is 10. The number of anilines is 4. The van der Waals surface area contributed by atoms with Gasteiger partial charge >= 0.3 is 0 Å². The summed E-state index contributed by atoms with van der Waals surface area (Å²) >= 11 is 3.64. The van der Waals surface area contributed by atoms with Crippen LogP contribution in [-0.4, -0.2) is 94.8 Å². The van der Waals surface area contributed by atoms with Crippen LogP contribution in [0.4, 0.5) is 21.6 Å². The lowest BCUT2D eigenvalue weighted by Gasteiger charge is -2.29. The van der Waals surface area contributed by atoms with Crippen LogP contribution in [0.5, 0.6) is 0 Å². The molecule has 4 aliphatic heterocycles. The van der Waals surface area contributed by atoms with Crippen molar-refractivity contribution in [2.24, 2.45) is 0 Å². The highest BCUT2D eigenvalue weighted by molar-refractivity contribution is 7.15. The molecule has 4 aromatic heterocycles. The van der Waals surface area contributed by atoms with Gasteiger partial charge in [0.05, 0.1) is 32.1 Å². The SMILES string of the molecule is Cc1cn(-c2ccc3c(c2)CN(c2ncc(Cc4ccc(N5CCOCC5)cc4)s2)CC3)c(C)n1.Cc1cnc(C)n1-c1ccc2c(c1)CN(c1ncc(Cc3ccc(N4CCOCC4)cc3)s1)CC2. The van der Waals surface area contributed by atoms with Crippen LogP contribution in [0.3, 0.4) is 0 Å². The summed E-state index contributed by atoms with van der Waals surface area (Å²) in [6, 6.07) is 31.6. The van der Waals surface area contributed by atoms with Crippen molar-refractivity contribution in [1.82, 2.24) is 29.1 Å². The van der Waals surface area contributed by atoms with Crippen LogP contribution >= 0.6 is 22.7 Å². The minimum atomic E-state index is 0.816. The number of benzene rings is 4. The smallest absolute Gasteiger partial charge is 0.185 e. The Morgan fingerprint density at radius 1 is 0.486 bits per heavy atom. The third-order valence-corrected chi connectivity index (χ3v) is 16.2. The standard InChI is InChI=1S/2C28H31N5OS/c1-20-18-33(21(2)30-20)26-8-5-23-9-10-32(19-24(23)16-26)28-29-17-27(35-28)15-22-3-6-25(7-4-22)31-11-13-34-14-12-31;1-20-17-29-21(2)33(20)26-8-5-23-9-10-32(19-24(23)16-26)28-30-18-27(35-28)15-22-3-6-25(7-4-22)31-11-13-34-14-12-31/h2*3-8,16-18H,9-15,19H2,1-2H3. The van der Waals surface area contributed by atoms with Gasteiger partial charge in [0.1, 0.15) is 11.6 Å². The van der Waals surface area contributed by atoms with Crippen molar-refractivity contribution in [3.8, 4) is 11.4 Å². The summed E-state index contributed by atoms with van der Waals surface area (Å²) in [5.41, 5.74) is 15.5. The Kier molecular flexibility index (Phi) is 13.5. The zero-order valence-corrected chi connectivity index (χ0v) is 42.4. The molecule has 2 fully saturated rings. The molecule has 0 atom stereocenters. The van der Waals surface area contributed by atoms with E-state index in [1.165, 1.54) is 65.9 Å². The first-order valence-corrected chi connectivity index (χ1v) is 26.4. The molecule has 70 heavy (non-hydrogen) atoms. The Balaban J connectivity index is 0.000000152. The number of fused-ring (bicyclic) bond motifs is 2. The molecular formula is C56H62N10O2S2. The Morgan fingerprint density at radius 2 is 0.971 bits per heavy atom. The van der Waals surface area contributed by atoms with Crippen LogP contribution in [0, 0.1) is 27.7 Å². The first kappa shape index (κ1) is 46.1. The number of aryl methyl sites for hydroxylation is 4. The molecule has 0 spiro atoms. The lowest BCUT2D eigenvalue weighted by molar-refractivity contribution is 0.122. The van der Waals surface area contributed by atoms with E-state index in [0.717, 1.165) is 138 Å². The Bertz CT molecular complexity index is 3030. The fourth-order valence-corrected chi connectivity index (χ4v) is 12.2. The molecule has 12 nitrogen and oxygen atoms in total. The molecule has 4 aromatic carbocycles. The molecule has 0 aliphatic carbocycles. The highest BCUT2D eigenvalue weighted by Crippen LogP contribution is 2.33. The van der Waals surface area contributed by atoms with Gasteiger partial charge in [0.15, 0.2) is 10.3 Å². The number of aromatic nitrogens is 6. The molecule has 360 valence electrons. The van der Waals surface area contributed by atoms with E-state index in [1.807, 2.05) is 35.8 Å². The second-order valence-electron chi connectivity index (χ2n) is 18.9. The van der Waals surface area contributed by atoms with Gasteiger partial charge in [-0.25, -0.2) is 19.9 Å². The van der Waals surface area contributed by atoms with Crippen molar-refractivity contribution >= 4 is 44.3 Å². The monoisotopic (exact) mass is 970 g/mol. The number of ether oxygens (including phenoxy) is 2. The van der Waals surface area contributed by atoms with Crippen molar-refractivity contribution in [3.63, 3.8) is 0 Å². The third kappa shape index (κ3) is 10.3. The lowest BCUT2D eigenvalue weighted by atomic mass is 9.99. The van der Waals surface area contributed by atoms with Gasteiger partial charge in [0.2, 0.25) is 0 Å². The number of imidazole rings is 2. The zero-order chi connectivity index (χ0) is 47.6. The van der Waals surface area contributed by atoms with Crippen LogP contribution in [0.25, 0.3) is 11.4 Å². The molecule has 8 heterocycles. The summed E-state index contributed by atoms with van der Waals surface area (Å²) in [6.45, 7) is 19.2. The number of rotatable bonds is 10. The summed E-state index contributed by atoms with van der Waals surface area (Å²) < 4.78 is 15.4. The van der Waals surface area contributed by atoms with Gasteiger partial charge in [-0.05, 0) is 122 Å². The van der Waals surface area contributed by atoms with E-state index in [0.29, 0.717) is 0 Å². The minimum absolute atomic E-state index is 0.816. The van der Waals surface area contributed by atoms with Crippen LogP contribution in [-0.2, 0) is 48.2 Å². The van der Waals surface area contributed by atoms with E-state index in [1.54, 1.807) is 0 Å². The van der Waals surface area contributed by atoms with Gasteiger partial charge in [0, 0.05) is 128 Å². The number of hydrogen-bond acceptors (Lipinski definition) is 12. The average molecular weight is 971 g/mol. The van der Waals surface area contributed by atoms with E-state index in [2.05, 4.69) is 163 Å². The molecule has 0 unspecified atom stereocenters. The summed E-state index contributed by atoms with van der Waals surface area (Å²) in [4.78, 5) is 30.9. The number of hydrogen-bond donors (Lipinski definition) is 0. The van der Waals surface area contributed by atoms with E-state index in [9.17, 15) is 0 Å². The maximum absolute atomic E-state index is 5.47. The number of morpholine rings is 2. The molecule has 8 aromatic rings. The van der Waals surface area contributed by atoms with Gasteiger partial charge in [-0.2, -0.15) is 0 Å². The highest BCUT2D eigenvalue weighted by Gasteiger charge is 2.23. The van der Waals surface area contributed by atoms with Crippen LogP contribution in [0.2, 0.25) is 0 Å². The summed E-state index contributed by atoms with van der Waals surface area (Å²) in [7, 11) is 0. The van der Waals surface area contributed by atoms with Gasteiger partial charge in [0.25, 0.3) is 0 Å². The fraction of sp³-hybridized carbons (Fsp3) is 0.357. The Hall–Kier alpha value is -6.32. The predicted molar refractivity (Wildman–Crippen MR) is 284 cm³/mol. The first-order chi connectivity index (χ1) is 34.3. The zero-order valence-electron chi connectivity index (χ0n) is 40.8. The first-order valence-electron chi connectivity index (χ1n) is 24.8. The van der Waals surface area contributed by atoms with Gasteiger partial charge in [-0.1, -0.05) is 36.4 Å². The number of thiazole rings is 2. The summed E-state index contributed by atoms with van der Waals surface area (Å²) in [6.07, 6.45) is 12.1. The van der Waals surface area contributed by atoms with E-state index >= 15 is 0 Å². The van der Waals surface area contributed by atoms with Crippen molar-refractivity contribution in [3.05, 3.63) is 176 Å². The van der Waals surface area contributed by atoms with Crippen LogP contribution in [0.1, 0.15) is 66.2 Å². The van der Waals surface area contributed by atoms with E-state index < -0.39 is 0 Å². The second-order valence-corrected chi connectivity index (χ2v) is 21.1. The highest BCUT2D eigenvalue weighted by atomic mass is 32.1. The topological polar surface area (TPSA) is 92.8 Å². The van der Waals surface area contributed by atoms with Crippen molar-refractivity contribution in [2.75, 3.05) is 85.3 Å². The molecule has 0 radical (unpaired) electrons. The largest absolute Gasteiger partial charge is 0.378 e. The van der Waals surface area contributed by atoms with Gasteiger partial charge < -0.3 is 38.2 Å². The lowest BCUT2D eigenvalue weighted by Crippen LogP contribution is -2.36. The average Bonchev–Trinajstić information content (AvgIpc) is 4.22. The van der Waals surface area contributed by atoms with Crippen molar-refractivity contribution < 1.29 is 9.47 Å². The molecule has 0 N–H and O–H groups in total. The summed E-state index contributed by atoms with van der Waals surface area (Å²) in [5, 5.41) is 2.24. The minimum Gasteiger partial charge on any atom is -0.378 e. The molecule has 0 saturated carbocycles. The summed E-state index contributed by atoms with van der Waals surface area (Å²) in [5.74, 6) is 2.05. The predicted octanol–water partition coefficient (Wildman–Crippen LogP) is 9.87. The molecular weight excluding hydrogens is 909 g/mol. The third-order valence-electron chi connectivity index (χ3n) is 14.1. The maximum atomic E-state index is 5.47. The second kappa shape index (κ2) is 20.6. The molecule has 2 saturated heterocycles.